The topological polar surface area (TPSA) is 52.6 Å². The summed E-state index contributed by atoms with van der Waals surface area (Å²) in [6, 6.07) is 4.62. The van der Waals surface area contributed by atoms with Crippen LogP contribution in [0.25, 0.3) is 0 Å². The summed E-state index contributed by atoms with van der Waals surface area (Å²) < 4.78 is 24.6. The van der Waals surface area contributed by atoms with Crippen molar-refractivity contribution in [2.45, 2.75) is 39.8 Å². The number of Topliss-reactive ketones (excluding diaryl/α,β-unsaturated/α-hetero) is 2. The molecule has 0 heterocycles. The van der Waals surface area contributed by atoms with Gasteiger partial charge in [0, 0.05) is 6.42 Å². The molecule has 0 radical (unpaired) electrons. The van der Waals surface area contributed by atoms with Crippen molar-refractivity contribution in [3.8, 4) is 11.5 Å². The summed E-state index contributed by atoms with van der Waals surface area (Å²) in [6.45, 7) is 6.10. The number of rotatable bonds is 9. The molecule has 0 N–H and O–H groups in total. The molecule has 1 unspecified atom stereocenters. The van der Waals surface area contributed by atoms with Crippen LogP contribution in [0.1, 0.15) is 44.0 Å². The van der Waals surface area contributed by atoms with Crippen molar-refractivity contribution in [2.75, 3.05) is 13.2 Å². The minimum Gasteiger partial charge on any atom is -0.494 e. The largest absolute Gasteiger partial charge is 0.494 e. The van der Waals surface area contributed by atoms with Crippen LogP contribution < -0.4 is 9.47 Å². The van der Waals surface area contributed by atoms with Crippen LogP contribution in [-0.2, 0) is 4.79 Å². The van der Waals surface area contributed by atoms with Crippen molar-refractivity contribution < 1.29 is 23.5 Å². The van der Waals surface area contributed by atoms with Crippen LogP contribution in [0.15, 0.2) is 18.2 Å². The molecule has 0 bridgehead atoms. The normalized spacial score (nSPS) is 11.8. The van der Waals surface area contributed by atoms with Crippen molar-refractivity contribution in [1.29, 1.82) is 0 Å². The number of alkyl halides is 1. The van der Waals surface area contributed by atoms with E-state index in [-0.39, 0.29) is 17.7 Å². The molecule has 0 aliphatic rings. The number of ketones is 2. The quantitative estimate of drug-likeness (QED) is 0.518. The Hall–Kier alpha value is -1.91. The van der Waals surface area contributed by atoms with Gasteiger partial charge in [-0.15, -0.1) is 0 Å². The summed E-state index contributed by atoms with van der Waals surface area (Å²) in [5, 5.41) is 0. The molecule has 0 amide bonds. The van der Waals surface area contributed by atoms with Crippen LogP contribution in [0, 0.1) is 0 Å². The average Bonchev–Trinajstić information content (AvgIpc) is 2.48. The molecule has 0 aromatic heterocycles. The molecule has 1 aromatic carbocycles. The SMILES string of the molecule is CCCC(=O)C(F)C(=O)c1cc(OCC)ccc1OCC. The van der Waals surface area contributed by atoms with Gasteiger partial charge in [-0.05, 0) is 38.5 Å². The monoisotopic (exact) mass is 296 g/mol. The molecule has 0 spiro atoms. The van der Waals surface area contributed by atoms with E-state index in [2.05, 4.69) is 0 Å². The van der Waals surface area contributed by atoms with Crippen molar-refractivity contribution in [3.05, 3.63) is 23.8 Å². The molecule has 1 aromatic rings. The molecule has 0 saturated heterocycles. The van der Waals surface area contributed by atoms with E-state index >= 15 is 0 Å². The van der Waals surface area contributed by atoms with Crippen LogP contribution >= 0.6 is 0 Å². The Balaban J connectivity index is 3.08. The van der Waals surface area contributed by atoms with Gasteiger partial charge in [0.2, 0.25) is 12.0 Å². The highest BCUT2D eigenvalue weighted by atomic mass is 19.1. The zero-order valence-electron chi connectivity index (χ0n) is 12.6. The Morgan fingerprint density at radius 2 is 1.81 bits per heavy atom. The summed E-state index contributed by atoms with van der Waals surface area (Å²) in [6.07, 6.45) is -1.60. The first-order valence-corrected chi connectivity index (χ1v) is 7.15. The summed E-state index contributed by atoms with van der Waals surface area (Å²) in [4.78, 5) is 23.8. The van der Waals surface area contributed by atoms with E-state index in [0.29, 0.717) is 25.4 Å². The van der Waals surface area contributed by atoms with Crippen molar-refractivity contribution in [3.63, 3.8) is 0 Å². The summed E-state index contributed by atoms with van der Waals surface area (Å²) >= 11 is 0. The third-order valence-corrected chi connectivity index (χ3v) is 2.84. The highest BCUT2D eigenvalue weighted by Gasteiger charge is 2.28. The zero-order valence-corrected chi connectivity index (χ0v) is 12.6. The second-order valence-electron chi connectivity index (χ2n) is 4.47. The van der Waals surface area contributed by atoms with E-state index in [1.807, 2.05) is 0 Å². The number of hydrogen-bond donors (Lipinski definition) is 0. The van der Waals surface area contributed by atoms with Crippen LogP contribution in [0.3, 0.4) is 0 Å². The van der Waals surface area contributed by atoms with Gasteiger partial charge in [-0.25, -0.2) is 4.39 Å². The second-order valence-corrected chi connectivity index (χ2v) is 4.47. The van der Waals surface area contributed by atoms with Gasteiger partial charge in [0.15, 0.2) is 5.78 Å². The average molecular weight is 296 g/mol. The van der Waals surface area contributed by atoms with Gasteiger partial charge in [0.1, 0.15) is 11.5 Å². The van der Waals surface area contributed by atoms with E-state index in [1.165, 1.54) is 6.07 Å². The van der Waals surface area contributed by atoms with Crippen LogP contribution in [-0.4, -0.2) is 31.0 Å². The lowest BCUT2D eigenvalue weighted by molar-refractivity contribution is -0.122. The molecule has 0 saturated carbocycles. The van der Waals surface area contributed by atoms with Gasteiger partial charge < -0.3 is 9.47 Å². The molecule has 1 atom stereocenters. The highest BCUT2D eigenvalue weighted by Crippen LogP contribution is 2.27. The second kappa shape index (κ2) is 8.39. The van der Waals surface area contributed by atoms with Gasteiger partial charge in [0.05, 0.1) is 18.8 Å². The summed E-state index contributed by atoms with van der Waals surface area (Å²) in [5.41, 5.74) is 0.0414. The van der Waals surface area contributed by atoms with E-state index < -0.39 is 17.7 Å². The number of carbonyl (C=O) groups is 2. The standard InChI is InChI=1S/C16H21FO4/c1-4-7-13(18)15(17)16(19)12-10-11(20-5-2)8-9-14(12)21-6-3/h8-10,15H,4-7H2,1-3H3. The molecule has 116 valence electrons. The molecular weight excluding hydrogens is 275 g/mol. The minimum absolute atomic E-state index is 0.0414. The Bertz CT molecular complexity index is 499. The maximum Gasteiger partial charge on any atom is 0.220 e. The van der Waals surface area contributed by atoms with Gasteiger partial charge >= 0.3 is 0 Å². The van der Waals surface area contributed by atoms with Gasteiger partial charge in [-0.3, -0.25) is 9.59 Å². The van der Waals surface area contributed by atoms with E-state index in [9.17, 15) is 14.0 Å². The summed E-state index contributed by atoms with van der Waals surface area (Å²) in [5.74, 6) is -0.873. The van der Waals surface area contributed by atoms with Crippen LogP contribution in [0.5, 0.6) is 11.5 Å². The van der Waals surface area contributed by atoms with Gasteiger partial charge in [-0.2, -0.15) is 0 Å². The maximum atomic E-state index is 14.0. The van der Waals surface area contributed by atoms with Crippen LogP contribution in [0.2, 0.25) is 0 Å². The fourth-order valence-electron chi connectivity index (χ4n) is 1.90. The number of halogens is 1. The number of hydrogen-bond acceptors (Lipinski definition) is 4. The molecule has 1 rings (SSSR count). The van der Waals surface area contributed by atoms with E-state index in [1.54, 1.807) is 32.9 Å². The molecule has 21 heavy (non-hydrogen) atoms. The molecule has 4 nitrogen and oxygen atoms in total. The Morgan fingerprint density at radius 1 is 1.14 bits per heavy atom. The van der Waals surface area contributed by atoms with E-state index in [0.717, 1.165) is 0 Å². The van der Waals surface area contributed by atoms with Gasteiger partial charge in [-0.1, -0.05) is 6.92 Å². The Labute approximate surface area is 124 Å². The lowest BCUT2D eigenvalue weighted by Crippen LogP contribution is -2.26. The Morgan fingerprint density at radius 3 is 2.38 bits per heavy atom. The predicted octanol–water partition coefficient (Wildman–Crippen LogP) is 3.37. The summed E-state index contributed by atoms with van der Waals surface area (Å²) in [7, 11) is 0. The number of carbonyl (C=O) groups excluding carboxylic acids is 2. The molecule has 0 aliphatic carbocycles. The van der Waals surface area contributed by atoms with E-state index in [4.69, 9.17) is 9.47 Å². The van der Waals surface area contributed by atoms with Crippen molar-refractivity contribution in [2.24, 2.45) is 0 Å². The predicted molar refractivity (Wildman–Crippen MR) is 77.9 cm³/mol. The molecular formula is C16H21FO4. The molecule has 0 fully saturated rings. The fraction of sp³-hybridized carbons (Fsp3) is 0.500. The fourth-order valence-corrected chi connectivity index (χ4v) is 1.90. The van der Waals surface area contributed by atoms with Crippen molar-refractivity contribution in [1.82, 2.24) is 0 Å². The molecule has 0 aliphatic heterocycles. The third-order valence-electron chi connectivity index (χ3n) is 2.84. The number of benzene rings is 1. The smallest absolute Gasteiger partial charge is 0.220 e. The lowest BCUT2D eigenvalue weighted by Gasteiger charge is -2.13. The van der Waals surface area contributed by atoms with Crippen molar-refractivity contribution >= 4 is 11.6 Å². The Kier molecular flexibility index (Phi) is 6.85. The van der Waals surface area contributed by atoms with Crippen LogP contribution in [0.4, 0.5) is 4.39 Å². The maximum absolute atomic E-state index is 14.0. The molecule has 5 heteroatoms. The first-order valence-electron chi connectivity index (χ1n) is 7.15. The third kappa shape index (κ3) is 4.55. The first kappa shape index (κ1) is 17.1. The lowest BCUT2D eigenvalue weighted by atomic mass is 10.0. The zero-order chi connectivity index (χ0) is 15.8. The van der Waals surface area contributed by atoms with Gasteiger partial charge in [0.25, 0.3) is 0 Å². The number of ether oxygens (including phenoxy) is 2. The minimum atomic E-state index is -2.15. The highest BCUT2D eigenvalue weighted by molar-refractivity contribution is 6.14. The first-order chi connectivity index (χ1) is 10.0.